The van der Waals surface area contributed by atoms with E-state index in [4.69, 9.17) is 11.0 Å². The summed E-state index contributed by atoms with van der Waals surface area (Å²) < 4.78 is 35.5. The number of hydrogen-bond donors (Lipinski definition) is 1. The van der Waals surface area contributed by atoms with Crippen molar-refractivity contribution in [3.05, 3.63) is 35.4 Å². The van der Waals surface area contributed by atoms with Crippen LogP contribution in [0.4, 0.5) is 18.9 Å². The van der Waals surface area contributed by atoms with Crippen molar-refractivity contribution in [2.75, 3.05) is 5.73 Å². The maximum atomic E-state index is 11.8. The van der Waals surface area contributed by atoms with Crippen LogP contribution in [0, 0.1) is 11.3 Å². The first-order valence-electron chi connectivity index (χ1n) is 3.98. The molecule has 0 saturated carbocycles. The quantitative estimate of drug-likeness (QED) is 0.727. The lowest BCUT2D eigenvalue weighted by atomic mass is 10.1. The maximum absolute atomic E-state index is 11.8. The molecule has 0 bridgehead atoms. The van der Waals surface area contributed by atoms with E-state index in [9.17, 15) is 13.2 Å². The number of benzene rings is 1. The van der Waals surface area contributed by atoms with Crippen LogP contribution >= 0.6 is 0 Å². The van der Waals surface area contributed by atoms with Crippen molar-refractivity contribution in [2.45, 2.75) is 6.18 Å². The van der Waals surface area contributed by atoms with Crippen LogP contribution in [0.2, 0.25) is 0 Å². The van der Waals surface area contributed by atoms with Gasteiger partial charge in [-0.3, -0.25) is 0 Å². The third-order valence-electron chi connectivity index (χ3n) is 1.67. The average molecular weight is 212 g/mol. The molecule has 0 spiro atoms. The smallest absolute Gasteiger partial charge is 0.398 e. The Bertz CT molecular complexity index is 427. The molecular weight excluding hydrogens is 205 g/mol. The van der Waals surface area contributed by atoms with Crippen molar-refractivity contribution < 1.29 is 13.2 Å². The van der Waals surface area contributed by atoms with E-state index in [2.05, 4.69) is 0 Å². The zero-order valence-corrected chi connectivity index (χ0v) is 7.55. The van der Waals surface area contributed by atoms with E-state index in [1.807, 2.05) is 6.07 Å². The predicted molar refractivity (Wildman–Crippen MR) is 50.7 cm³/mol. The van der Waals surface area contributed by atoms with Crippen LogP contribution < -0.4 is 5.73 Å². The number of halogens is 3. The Hall–Kier alpha value is -1.96. The third-order valence-corrected chi connectivity index (χ3v) is 1.67. The number of alkyl halides is 3. The number of nitriles is 1. The van der Waals surface area contributed by atoms with Gasteiger partial charge in [0.15, 0.2) is 0 Å². The Morgan fingerprint density at radius 1 is 1.33 bits per heavy atom. The van der Waals surface area contributed by atoms with E-state index in [0.717, 1.165) is 6.08 Å². The van der Waals surface area contributed by atoms with Crippen LogP contribution in [-0.2, 0) is 0 Å². The van der Waals surface area contributed by atoms with Crippen LogP contribution in [-0.4, -0.2) is 6.18 Å². The highest BCUT2D eigenvalue weighted by Crippen LogP contribution is 2.21. The summed E-state index contributed by atoms with van der Waals surface area (Å²) in [5.74, 6) is 0. The Kier molecular flexibility index (Phi) is 3.00. The van der Waals surface area contributed by atoms with Crippen LogP contribution in [0.25, 0.3) is 6.08 Å². The molecule has 0 radical (unpaired) electrons. The third kappa shape index (κ3) is 3.35. The van der Waals surface area contributed by atoms with Crippen molar-refractivity contribution in [2.24, 2.45) is 0 Å². The summed E-state index contributed by atoms with van der Waals surface area (Å²) in [4.78, 5) is 0. The van der Waals surface area contributed by atoms with E-state index in [0.29, 0.717) is 5.56 Å². The van der Waals surface area contributed by atoms with Crippen LogP contribution in [0.5, 0.6) is 0 Å². The number of allylic oxidation sites excluding steroid dienone is 1. The lowest BCUT2D eigenvalue weighted by Gasteiger charge is -2.01. The molecular formula is C10H7F3N2. The number of anilines is 1. The van der Waals surface area contributed by atoms with Gasteiger partial charge in [0.2, 0.25) is 0 Å². The minimum Gasteiger partial charge on any atom is -0.398 e. The second kappa shape index (κ2) is 4.05. The number of hydrogen-bond acceptors (Lipinski definition) is 2. The van der Waals surface area contributed by atoms with Crippen LogP contribution in [0.1, 0.15) is 11.1 Å². The average Bonchev–Trinajstić information content (AvgIpc) is 2.14. The molecule has 0 atom stereocenters. The first-order chi connectivity index (χ1) is 6.92. The zero-order chi connectivity index (χ0) is 11.5. The lowest BCUT2D eigenvalue weighted by molar-refractivity contribution is -0.0790. The molecule has 0 aliphatic carbocycles. The first-order valence-corrected chi connectivity index (χ1v) is 3.98. The fraction of sp³-hybridized carbons (Fsp3) is 0.100. The van der Waals surface area contributed by atoms with E-state index in [-0.39, 0.29) is 17.3 Å². The predicted octanol–water partition coefficient (Wildman–Crippen LogP) is 2.72. The van der Waals surface area contributed by atoms with E-state index >= 15 is 0 Å². The van der Waals surface area contributed by atoms with Gasteiger partial charge < -0.3 is 5.73 Å². The van der Waals surface area contributed by atoms with Crippen LogP contribution in [0.15, 0.2) is 24.3 Å². The molecule has 0 heterocycles. The van der Waals surface area contributed by atoms with Gasteiger partial charge in [0, 0.05) is 11.8 Å². The molecule has 1 rings (SSSR count). The molecule has 2 N–H and O–H groups in total. The maximum Gasteiger partial charge on any atom is 0.409 e. The van der Waals surface area contributed by atoms with Gasteiger partial charge >= 0.3 is 6.18 Å². The van der Waals surface area contributed by atoms with Crippen molar-refractivity contribution in [1.29, 1.82) is 5.26 Å². The second-order valence-electron chi connectivity index (χ2n) is 2.83. The Morgan fingerprint density at radius 3 is 2.47 bits per heavy atom. The molecule has 5 heteroatoms. The highest BCUT2D eigenvalue weighted by Gasteiger charge is 2.21. The highest BCUT2D eigenvalue weighted by atomic mass is 19.4. The molecule has 78 valence electrons. The summed E-state index contributed by atoms with van der Waals surface area (Å²) in [6.45, 7) is 0. The number of rotatable bonds is 1. The fourth-order valence-electron chi connectivity index (χ4n) is 0.980. The number of nitrogen functional groups attached to an aromatic ring is 1. The molecule has 0 unspecified atom stereocenters. The number of nitrogens with zero attached hydrogens (tertiary/aromatic N) is 1. The Morgan fingerprint density at radius 2 is 2.00 bits per heavy atom. The van der Waals surface area contributed by atoms with Gasteiger partial charge in [0.05, 0.1) is 11.6 Å². The SMILES string of the molecule is N#Cc1ccc(/C=C/C(F)(F)F)c(N)c1. The Labute approximate surface area is 84.4 Å². The van der Waals surface area contributed by atoms with E-state index in [1.54, 1.807) is 0 Å². The van der Waals surface area contributed by atoms with Crippen molar-refractivity contribution in [3.63, 3.8) is 0 Å². The summed E-state index contributed by atoms with van der Waals surface area (Å²) in [6, 6.07) is 5.95. The molecule has 0 aromatic heterocycles. The Balaban J connectivity index is 2.99. The molecule has 0 saturated heterocycles. The molecule has 2 nitrogen and oxygen atoms in total. The summed E-state index contributed by atoms with van der Waals surface area (Å²) >= 11 is 0. The summed E-state index contributed by atoms with van der Waals surface area (Å²) in [5, 5.41) is 8.51. The van der Waals surface area contributed by atoms with Gasteiger partial charge in [-0.1, -0.05) is 6.07 Å². The van der Waals surface area contributed by atoms with Crippen molar-refractivity contribution >= 4 is 11.8 Å². The normalized spacial score (nSPS) is 11.6. The first kappa shape index (κ1) is 11.1. The molecule has 1 aromatic carbocycles. The van der Waals surface area contributed by atoms with Gasteiger partial charge in [0.25, 0.3) is 0 Å². The lowest BCUT2D eigenvalue weighted by Crippen LogP contribution is -2.00. The molecule has 1 aromatic rings. The highest BCUT2D eigenvalue weighted by molar-refractivity contribution is 5.66. The monoisotopic (exact) mass is 212 g/mol. The summed E-state index contributed by atoms with van der Waals surface area (Å²) in [7, 11) is 0. The van der Waals surface area contributed by atoms with Gasteiger partial charge in [-0.05, 0) is 23.8 Å². The standard InChI is InChI=1S/C10H7F3N2/c11-10(12,13)4-3-8-2-1-7(6-14)5-9(8)15/h1-5H,15H2/b4-3+. The summed E-state index contributed by atoms with van der Waals surface area (Å²) in [6.07, 6.45) is -3.39. The second-order valence-corrected chi connectivity index (χ2v) is 2.83. The van der Waals surface area contributed by atoms with Gasteiger partial charge in [-0.2, -0.15) is 18.4 Å². The largest absolute Gasteiger partial charge is 0.409 e. The van der Waals surface area contributed by atoms with E-state index < -0.39 is 6.18 Å². The van der Waals surface area contributed by atoms with Crippen molar-refractivity contribution in [1.82, 2.24) is 0 Å². The van der Waals surface area contributed by atoms with Gasteiger partial charge in [-0.25, -0.2) is 0 Å². The van der Waals surface area contributed by atoms with Gasteiger partial charge in [-0.15, -0.1) is 0 Å². The topological polar surface area (TPSA) is 49.8 Å². The molecule has 15 heavy (non-hydrogen) atoms. The number of nitrogens with two attached hydrogens (primary N) is 1. The van der Waals surface area contributed by atoms with Crippen LogP contribution in [0.3, 0.4) is 0 Å². The zero-order valence-electron chi connectivity index (χ0n) is 7.55. The van der Waals surface area contributed by atoms with Crippen molar-refractivity contribution in [3.8, 4) is 6.07 Å². The molecule has 0 aliphatic heterocycles. The van der Waals surface area contributed by atoms with Gasteiger partial charge in [0.1, 0.15) is 0 Å². The molecule has 0 fully saturated rings. The molecule has 0 amide bonds. The molecule has 0 aliphatic rings. The summed E-state index contributed by atoms with van der Waals surface area (Å²) in [5.41, 5.74) is 6.16. The fourth-order valence-corrected chi connectivity index (χ4v) is 0.980. The van der Waals surface area contributed by atoms with E-state index in [1.165, 1.54) is 18.2 Å². The minimum absolute atomic E-state index is 0.102. The minimum atomic E-state index is -4.36.